The Hall–Kier alpha value is -1.07. The molecule has 0 aliphatic rings. The number of nitrogens with one attached hydrogen (secondary N) is 1. The molecule has 3 rings (SSSR count). The van der Waals surface area contributed by atoms with Gasteiger partial charge in [0, 0.05) is 5.02 Å². The summed E-state index contributed by atoms with van der Waals surface area (Å²) in [5.74, 6) is -0.433. The van der Waals surface area contributed by atoms with Gasteiger partial charge in [0.25, 0.3) is 0 Å². The van der Waals surface area contributed by atoms with Gasteiger partial charge < -0.3 is 4.98 Å². The Labute approximate surface area is 133 Å². The predicted molar refractivity (Wildman–Crippen MR) is 83.4 cm³/mol. The number of hydrogen-bond donors (Lipinski definition) is 1. The van der Waals surface area contributed by atoms with Crippen molar-refractivity contribution >= 4 is 58.1 Å². The Morgan fingerprint density at radius 3 is 2.50 bits per heavy atom. The molecule has 2 aromatic carbocycles. The van der Waals surface area contributed by atoms with Crippen molar-refractivity contribution in [2.75, 3.05) is 0 Å². The molecule has 0 aliphatic carbocycles. The molecule has 20 heavy (non-hydrogen) atoms. The minimum Gasteiger partial charge on any atom is -0.330 e. The zero-order valence-electron chi connectivity index (χ0n) is 9.75. The Morgan fingerprint density at radius 1 is 1.05 bits per heavy atom. The fourth-order valence-corrected chi connectivity index (χ4v) is 2.79. The molecule has 0 saturated carbocycles. The van der Waals surface area contributed by atoms with Crippen molar-refractivity contribution in [1.82, 2.24) is 9.55 Å². The molecule has 0 fully saturated rings. The number of halogens is 4. The van der Waals surface area contributed by atoms with Gasteiger partial charge in [-0.3, -0.25) is 4.57 Å². The lowest BCUT2D eigenvalue weighted by Crippen LogP contribution is -1.97. The summed E-state index contributed by atoms with van der Waals surface area (Å²) in [4.78, 5) is 2.97. The quantitative estimate of drug-likeness (QED) is 0.553. The third kappa shape index (κ3) is 2.23. The zero-order chi connectivity index (χ0) is 14.4. The number of benzene rings is 2. The van der Waals surface area contributed by atoms with E-state index in [2.05, 4.69) is 4.98 Å². The van der Waals surface area contributed by atoms with Crippen LogP contribution < -0.4 is 0 Å². The summed E-state index contributed by atoms with van der Waals surface area (Å²) in [6.45, 7) is 0. The van der Waals surface area contributed by atoms with Crippen LogP contribution in [0.1, 0.15) is 0 Å². The molecule has 1 aromatic heterocycles. The number of H-pyrrole nitrogens is 1. The van der Waals surface area contributed by atoms with Gasteiger partial charge in [0.2, 0.25) is 0 Å². The van der Waals surface area contributed by atoms with Gasteiger partial charge in [-0.05, 0) is 42.5 Å². The average molecular weight is 348 g/mol. The monoisotopic (exact) mass is 346 g/mol. The van der Waals surface area contributed by atoms with Crippen LogP contribution in [0.5, 0.6) is 0 Å². The van der Waals surface area contributed by atoms with E-state index >= 15 is 0 Å². The van der Waals surface area contributed by atoms with Crippen LogP contribution in [0, 0.1) is 10.6 Å². The Bertz CT molecular complexity index is 885. The first kappa shape index (κ1) is 13.9. The van der Waals surface area contributed by atoms with Crippen molar-refractivity contribution in [3.05, 3.63) is 56.0 Å². The third-order valence-electron chi connectivity index (χ3n) is 2.87. The first-order chi connectivity index (χ1) is 9.47. The van der Waals surface area contributed by atoms with Crippen LogP contribution in [-0.2, 0) is 0 Å². The lowest BCUT2D eigenvalue weighted by molar-refractivity contribution is 0.619. The summed E-state index contributed by atoms with van der Waals surface area (Å²) in [7, 11) is 0. The van der Waals surface area contributed by atoms with Gasteiger partial charge in [0.1, 0.15) is 5.82 Å². The highest BCUT2D eigenvalue weighted by Gasteiger charge is 2.13. The molecular weight excluding hydrogens is 342 g/mol. The molecule has 0 unspecified atom stereocenters. The maximum Gasteiger partial charge on any atom is 0.182 e. The second kappa shape index (κ2) is 5.04. The number of aromatic amines is 1. The highest BCUT2D eigenvalue weighted by Crippen LogP contribution is 2.30. The number of hydrogen-bond acceptors (Lipinski definition) is 1. The third-order valence-corrected chi connectivity index (χ3v) is 4.12. The average Bonchev–Trinajstić information content (AvgIpc) is 2.69. The number of fused-ring (bicyclic) bond motifs is 1. The molecular formula is C13H6Cl3FN2S. The summed E-state index contributed by atoms with van der Waals surface area (Å²) in [5, 5.41) is 1.18. The van der Waals surface area contributed by atoms with E-state index in [1.165, 1.54) is 22.8 Å². The second-order valence-corrected chi connectivity index (χ2v) is 5.78. The van der Waals surface area contributed by atoms with Gasteiger partial charge in [-0.2, -0.15) is 0 Å². The SMILES string of the molecule is Fc1ccc(Cl)cc1-n1c(=S)[nH]c2cc(Cl)c(Cl)cc21. The molecule has 0 radical (unpaired) electrons. The van der Waals surface area contributed by atoms with Crippen molar-refractivity contribution in [3.63, 3.8) is 0 Å². The molecule has 102 valence electrons. The molecule has 0 saturated heterocycles. The Kier molecular flexibility index (Phi) is 3.50. The van der Waals surface area contributed by atoms with E-state index in [-0.39, 0.29) is 5.69 Å². The van der Waals surface area contributed by atoms with Crippen LogP contribution in [-0.4, -0.2) is 9.55 Å². The standard InChI is InChI=1S/C13H6Cl3FN2S/c14-6-1-2-9(17)11(3-6)19-12-5-8(16)7(15)4-10(12)18-13(19)20/h1-5H,(H,18,20). The summed E-state index contributed by atoms with van der Waals surface area (Å²) in [6, 6.07) is 7.54. The molecule has 0 atom stereocenters. The number of imidazole rings is 1. The Balaban J connectivity index is 2.42. The molecule has 1 heterocycles. The smallest absolute Gasteiger partial charge is 0.182 e. The van der Waals surface area contributed by atoms with Gasteiger partial charge >= 0.3 is 0 Å². The van der Waals surface area contributed by atoms with Crippen LogP contribution in [0.3, 0.4) is 0 Å². The predicted octanol–water partition coefficient (Wildman–Crippen LogP) is 5.79. The summed E-state index contributed by atoms with van der Waals surface area (Å²) >= 11 is 23.1. The van der Waals surface area contributed by atoms with Crippen molar-refractivity contribution in [2.24, 2.45) is 0 Å². The topological polar surface area (TPSA) is 20.7 Å². The Morgan fingerprint density at radius 2 is 1.75 bits per heavy atom. The molecule has 1 N–H and O–H groups in total. The van der Waals surface area contributed by atoms with E-state index in [4.69, 9.17) is 47.0 Å². The molecule has 0 amide bonds. The van der Waals surface area contributed by atoms with E-state index < -0.39 is 5.82 Å². The minimum atomic E-state index is -0.433. The highest BCUT2D eigenvalue weighted by atomic mass is 35.5. The van der Waals surface area contributed by atoms with Gasteiger partial charge in [0.05, 0.1) is 26.8 Å². The maximum atomic E-state index is 14.0. The van der Waals surface area contributed by atoms with Gasteiger partial charge in [-0.1, -0.05) is 34.8 Å². The molecule has 0 aliphatic heterocycles. The molecule has 0 bridgehead atoms. The zero-order valence-corrected chi connectivity index (χ0v) is 12.8. The number of aromatic nitrogens is 2. The van der Waals surface area contributed by atoms with E-state index in [1.54, 1.807) is 12.1 Å². The van der Waals surface area contributed by atoms with E-state index in [1.807, 2.05) is 0 Å². The van der Waals surface area contributed by atoms with Crippen LogP contribution >= 0.6 is 47.0 Å². The molecule has 0 spiro atoms. The van der Waals surface area contributed by atoms with Crippen molar-refractivity contribution in [3.8, 4) is 5.69 Å². The van der Waals surface area contributed by atoms with Crippen molar-refractivity contribution < 1.29 is 4.39 Å². The van der Waals surface area contributed by atoms with Gasteiger partial charge in [0.15, 0.2) is 4.77 Å². The van der Waals surface area contributed by atoms with E-state index in [9.17, 15) is 4.39 Å². The maximum absolute atomic E-state index is 14.0. The van der Waals surface area contributed by atoms with Gasteiger partial charge in [-0.15, -0.1) is 0 Å². The van der Waals surface area contributed by atoms with E-state index in [0.29, 0.717) is 30.9 Å². The van der Waals surface area contributed by atoms with Crippen molar-refractivity contribution in [1.29, 1.82) is 0 Å². The van der Waals surface area contributed by atoms with Crippen LogP contribution in [0.25, 0.3) is 16.7 Å². The molecule has 2 nitrogen and oxygen atoms in total. The van der Waals surface area contributed by atoms with Gasteiger partial charge in [-0.25, -0.2) is 4.39 Å². The normalized spacial score (nSPS) is 11.2. The highest BCUT2D eigenvalue weighted by molar-refractivity contribution is 7.71. The number of rotatable bonds is 1. The molecule has 3 aromatic rings. The van der Waals surface area contributed by atoms with Crippen LogP contribution in [0.2, 0.25) is 15.1 Å². The fourth-order valence-electron chi connectivity index (χ4n) is 2.00. The van der Waals surface area contributed by atoms with Crippen molar-refractivity contribution in [2.45, 2.75) is 0 Å². The fraction of sp³-hybridized carbons (Fsp3) is 0. The summed E-state index contributed by atoms with van der Waals surface area (Å²) < 4.78 is 15.9. The lowest BCUT2D eigenvalue weighted by atomic mass is 10.2. The molecule has 7 heteroatoms. The summed E-state index contributed by atoms with van der Waals surface area (Å²) in [5.41, 5.74) is 1.56. The first-order valence-corrected chi connectivity index (χ1v) is 7.07. The van der Waals surface area contributed by atoms with Crippen LogP contribution in [0.15, 0.2) is 30.3 Å². The lowest BCUT2D eigenvalue weighted by Gasteiger charge is -2.07. The van der Waals surface area contributed by atoms with Crippen LogP contribution in [0.4, 0.5) is 4.39 Å². The minimum absolute atomic E-state index is 0.257. The van der Waals surface area contributed by atoms with E-state index in [0.717, 1.165) is 0 Å². The largest absolute Gasteiger partial charge is 0.330 e. The summed E-state index contributed by atoms with van der Waals surface area (Å²) in [6.07, 6.45) is 0. The number of nitrogens with zero attached hydrogens (tertiary/aromatic N) is 1. The first-order valence-electron chi connectivity index (χ1n) is 5.52. The second-order valence-electron chi connectivity index (χ2n) is 4.14.